The molecule has 1 aromatic rings. The van der Waals surface area contributed by atoms with Crippen LogP contribution < -0.4 is 10.5 Å². The molecule has 1 fully saturated rings. The van der Waals surface area contributed by atoms with Crippen LogP contribution in [0.1, 0.15) is 31.2 Å². The van der Waals surface area contributed by atoms with Gasteiger partial charge in [0, 0.05) is 12.2 Å². The minimum atomic E-state index is -3.23. The molecule has 0 unspecified atom stereocenters. The highest BCUT2D eigenvalue weighted by Gasteiger charge is 2.18. The van der Waals surface area contributed by atoms with Crippen LogP contribution in [0, 0.1) is 5.92 Å². The van der Waals surface area contributed by atoms with E-state index in [1.54, 1.807) is 24.3 Å². The van der Waals surface area contributed by atoms with Crippen LogP contribution in [0.3, 0.4) is 0 Å². The molecule has 0 atom stereocenters. The molecule has 0 aliphatic heterocycles. The molecule has 0 aromatic heterocycles. The molecule has 1 aliphatic rings. The molecule has 18 heavy (non-hydrogen) atoms. The third-order valence-corrected chi connectivity index (χ3v) is 4.72. The Hall–Kier alpha value is -1.07. The van der Waals surface area contributed by atoms with E-state index < -0.39 is 10.0 Å². The second-order valence-electron chi connectivity index (χ2n) is 5.00. The Balaban J connectivity index is 1.88. The molecule has 100 valence electrons. The second kappa shape index (κ2) is 5.71. The SMILES string of the molecule is Nc1ccc(CS(=O)(=O)NCC2CCCC2)cc1. The van der Waals surface area contributed by atoms with E-state index in [4.69, 9.17) is 5.73 Å². The van der Waals surface area contributed by atoms with Crippen molar-refractivity contribution in [3.05, 3.63) is 29.8 Å². The fourth-order valence-electron chi connectivity index (χ4n) is 2.34. The highest BCUT2D eigenvalue weighted by atomic mass is 32.2. The van der Waals surface area contributed by atoms with Crippen molar-refractivity contribution in [3.63, 3.8) is 0 Å². The van der Waals surface area contributed by atoms with Crippen molar-refractivity contribution in [2.24, 2.45) is 5.92 Å². The number of hydrogen-bond acceptors (Lipinski definition) is 3. The maximum absolute atomic E-state index is 11.9. The standard InChI is InChI=1S/C13H20N2O2S/c14-13-7-5-12(6-8-13)10-18(16,17)15-9-11-3-1-2-4-11/h5-8,11,15H,1-4,9-10,14H2. The average Bonchev–Trinajstić information content (AvgIpc) is 2.83. The van der Waals surface area contributed by atoms with Gasteiger partial charge in [-0.1, -0.05) is 25.0 Å². The lowest BCUT2D eigenvalue weighted by Crippen LogP contribution is -2.29. The van der Waals surface area contributed by atoms with Gasteiger partial charge in [-0.25, -0.2) is 13.1 Å². The molecule has 1 aliphatic carbocycles. The lowest BCUT2D eigenvalue weighted by Gasteiger charge is -2.11. The predicted octanol–water partition coefficient (Wildman–Crippen LogP) is 1.88. The summed E-state index contributed by atoms with van der Waals surface area (Å²) in [5.41, 5.74) is 6.98. The Kier molecular flexibility index (Phi) is 4.24. The number of rotatable bonds is 5. The molecule has 1 aromatic carbocycles. The number of nitrogens with one attached hydrogen (secondary N) is 1. The minimum Gasteiger partial charge on any atom is -0.399 e. The Labute approximate surface area is 109 Å². The van der Waals surface area contributed by atoms with Crippen LogP contribution in [0.5, 0.6) is 0 Å². The van der Waals surface area contributed by atoms with E-state index in [0.29, 0.717) is 18.2 Å². The topological polar surface area (TPSA) is 72.2 Å². The zero-order valence-corrected chi connectivity index (χ0v) is 11.2. The van der Waals surface area contributed by atoms with Crippen molar-refractivity contribution in [1.29, 1.82) is 0 Å². The van der Waals surface area contributed by atoms with Crippen molar-refractivity contribution < 1.29 is 8.42 Å². The first-order chi connectivity index (χ1) is 8.55. The molecule has 0 spiro atoms. The number of nitrogen functional groups attached to an aromatic ring is 1. The summed E-state index contributed by atoms with van der Waals surface area (Å²) in [7, 11) is -3.23. The first-order valence-electron chi connectivity index (χ1n) is 6.37. The van der Waals surface area contributed by atoms with E-state index in [1.165, 1.54) is 12.8 Å². The molecule has 2 rings (SSSR count). The van der Waals surface area contributed by atoms with Crippen molar-refractivity contribution >= 4 is 15.7 Å². The average molecular weight is 268 g/mol. The van der Waals surface area contributed by atoms with Crippen molar-refractivity contribution in [3.8, 4) is 0 Å². The molecular weight excluding hydrogens is 248 g/mol. The van der Waals surface area contributed by atoms with Crippen molar-refractivity contribution in [1.82, 2.24) is 4.72 Å². The third-order valence-electron chi connectivity index (χ3n) is 3.40. The van der Waals surface area contributed by atoms with Gasteiger partial charge in [0.2, 0.25) is 10.0 Å². The van der Waals surface area contributed by atoms with Crippen LogP contribution in [0.15, 0.2) is 24.3 Å². The highest BCUT2D eigenvalue weighted by Crippen LogP contribution is 2.24. The summed E-state index contributed by atoms with van der Waals surface area (Å²) in [4.78, 5) is 0. The Morgan fingerprint density at radius 1 is 1.17 bits per heavy atom. The van der Waals surface area contributed by atoms with Crippen LogP contribution >= 0.6 is 0 Å². The van der Waals surface area contributed by atoms with Crippen LogP contribution in [0.2, 0.25) is 0 Å². The molecule has 3 N–H and O–H groups in total. The van der Waals surface area contributed by atoms with Gasteiger partial charge in [-0.15, -0.1) is 0 Å². The van der Waals surface area contributed by atoms with Gasteiger partial charge in [0.25, 0.3) is 0 Å². The monoisotopic (exact) mass is 268 g/mol. The lowest BCUT2D eigenvalue weighted by atomic mass is 10.1. The molecule has 1 saturated carbocycles. The maximum atomic E-state index is 11.9. The molecule has 4 nitrogen and oxygen atoms in total. The van der Waals surface area contributed by atoms with Gasteiger partial charge in [0.15, 0.2) is 0 Å². The Morgan fingerprint density at radius 3 is 2.39 bits per heavy atom. The summed E-state index contributed by atoms with van der Waals surface area (Å²) in [6.45, 7) is 0.581. The fourth-order valence-corrected chi connectivity index (χ4v) is 3.57. The minimum absolute atomic E-state index is 0.0278. The number of nitrogens with two attached hydrogens (primary N) is 1. The molecule has 0 amide bonds. The normalized spacial score (nSPS) is 17.1. The number of anilines is 1. The Bertz CT molecular complexity index is 476. The van der Waals surface area contributed by atoms with Gasteiger partial charge in [0.1, 0.15) is 0 Å². The summed E-state index contributed by atoms with van der Waals surface area (Å²) in [5, 5.41) is 0. The highest BCUT2D eigenvalue weighted by molar-refractivity contribution is 7.88. The number of benzene rings is 1. The van der Waals surface area contributed by atoms with E-state index in [-0.39, 0.29) is 5.75 Å². The summed E-state index contributed by atoms with van der Waals surface area (Å²) in [6, 6.07) is 6.96. The quantitative estimate of drug-likeness (QED) is 0.801. The predicted molar refractivity (Wildman–Crippen MR) is 73.4 cm³/mol. The fraction of sp³-hybridized carbons (Fsp3) is 0.538. The molecule has 5 heteroatoms. The van der Waals surface area contributed by atoms with Gasteiger partial charge >= 0.3 is 0 Å². The smallest absolute Gasteiger partial charge is 0.215 e. The maximum Gasteiger partial charge on any atom is 0.215 e. The van der Waals surface area contributed by atoms with Crippen molar-refractivity contribution in [2.45, 2.75) is 31.4 Å². The van der Waals surface area contributed by atoms with Crippen LogP contribution in [0.4, 0.5) is 5.69 Å². The first kappa shape index (κ1) is 13.4. The summed E-state index contributed by atoms with van der Waals surface area (Å²) < 4.78 is 26.5. The number of sulfonamides is 1. The molecule has 0 heterocycles. The number of hydrogen-bond donors (Lipinski definition) is 2. The van der Waals surface area contributed by atoms with E-state index >= 15 is 0 Å². The first-order valence-corrected chi connectivity index (χ1v) is 8.02. The summed E-state index contributed by atoms with van der Waals surface area (Å²) in [6.07, 6.45) is 4.74. The van der Waals surface area contributed by atoms with Crippen molar-refractivity contribution in [2.75, 3.05) is 12.3 Å². The second-order valence-corrected chi connectivity index (χ2v) is 6.81. The zero-order valence-electron chi connectivity index (χ0n) is 10.4. The molecule has 0 bridgehead atoms. The van der Waals surface area contributed by atoms with E-state index in [9.17, 15) is 8.42 Å². The molecular formula is C13H20N2O2S. The van der Waals surface area contributed by atoms with Gasteiger partial charge in [-0.2, -0.15) is 0 Å². The molecule has 0 radical (unpaired) electrons. The van der Waals surface area contributed by atoms with E-state index in [0.717, 1.165) is 18.4 Å². The summed E-state index contributed by atoms with van der Waals surface area (Å²) >= 11 is 0. The Morgan fingerprint density at radius 2 is 1.78 bits per heavy atom. The van der Waals surface area contributed by atoms with Gasteiger partial charge in [-0.3, -0.25) is 0 Å². The summed E-state index contributed by atoms with van der Waals surface area (Å²) in [5.74, 6) is 0.547. The van der Waals surface area contributed by atoms with Gasteiger partial charge in [-0.05, 0) is 36.5 Å². The molecule has 0 saturated heterocycles. The zero-order chi connectivity index (χ0) is 13.0. The third kappa shape index (κ3) is 3.99. The largest absolute Gasteiger partial charge is 0.399 e. The van der Waals surface area contributed by atoms with Gasteiger partial charge in [0.05, 0.1) is 5.75 Å². The van der Waals surface area contributed by atoms with Crippen LogP contribution in [-0.4, -0.2) is 15.0 Å². The van der Waals surface area contributed by atoms with E-state index in [1.807, 2.05) is 0 Å². The van der Waals surface area contributed by atoms with Crippen LogP contribution in [-0.2, 0) is 15.8 Å². The van der Waals surface area contributed by atoms with Gasteiger partial charge < -0.3 is 5.73 Å². The van der Waals surface area contributed by atoms with Crippen LogP contribution in [0.25, 0.3) is 0 Å². The van der Waals surface area contributed by atoms with E-state index in [2.05, 4.69) is 4.72 Å². The lowest BCUT2D eigenvalue weighted by molar-refractivity contribution is 0.519.